The second-order valence-corrected chi connectivity index (χ2v) is 4.16. The van der Waals surface area contributed by atoms with E-state index in [4.69, 9.17) is 26.8 Å². The van der Waals surface area contributed by atoms with Crippen molar-refractivity contribution in [2.24, 2.45) is 0 Å². The summed E-state index contributed by atoms with van der Waals surface area (Å²) in [4.78, 5) is 7.97. The van der Waals surface area contributed by atoms with Crippen LogP contribution >= 0.6 is 11.6 Å². The fourth-order valence-electron chi connectivity index (χ4n) is 1.78. The molecule has 2 aromatic rings. The van der Waals surface area contributed by atoms with Crippen molar-refractivity contribution >= 4 is 17.4 Å². The molecular weight excluding hydrogens is 254 g/mol. The number of benzene rings is 1. The zero-order chi connectivity index (χ0) is 12.5. The summed E-state index contributed by atoms with van der Waals surface area (Å²) in [5, 5.41) is 0.342. The molecule has 0 saturated carbocycles. The third-order valence-electron chi connectivity index (χ3n) is 2.63. The second-order valence-electron chi connectivity index (χ2n) is 3.78. The Bertz CT molecular complexity index is 604. The molecule has 0 spiro atoms. The van der Waals surface area contributed by atoms with Crippen molar-refractivity contribution < 1.29 is 9.47 Å². The molecule has 0 radical (unpaired) electrons. The topological polar surface area (TPSA) is 70.3 Å². The number of nitrogens with two attached hydrogens (primary N) is 1. The van der Waals surface area contributed by atoms with Crippen LogP contribution in [0.4, 0.5) is 5.82 Å². The van der Waals surface area contributed by atoms with Crippen LogP contribution in [0.15, 0.2) is 24.5 Å². The van der Waals surface area contributed by atoms with E-state index in [-0.39, 0.29) is 5.82 Å². The molecule has 18 heavy (non-hydrogen) atoms. The van der Waals surface area contributed by atoms with Crippen molar-refractivity contribution in [3.8, 4) is 22.8 Å². The predicted molar refractivity (Wildman–Crippen MR) is 67.9 cm³/mol. The molecule has 1 aliphatic rings. The zero-order valence-electron chi connectivity index (χ0n) is 9.39. The molecular formula is C12H10ClN3O2. The van der Waals surface area contributed by atoms with E-state index in [1.54, 1.807) is 0 Å². The van der Waals surface area contributed by atoms with Crippen LogP contribution in [0.5, 0.6) is 11.5 Å². The average molecular weight is 264 g/mol. The van der Waals surface area contributed by atoms with Gasteiger partial charge in [0.2, 0.25) is 0 Å². The number of rotatable bonds is 1. The van der Waals surface area contributed by atoms with E-state index in [9.17, 15) is 0 Å². The van der Waals surface area contributed by atoms with Gasteiger partial charge in [0, 0.05) is 5.56 Å². The molecule has 0 atom stereocenters. The third-order valence-corrected chi connectivity index (χ3v) is 3.00. The van der Waals surface area contributed by atoms with Crippen molar-refractivity contribution in [1.82, 2.24) is 9.97 Å². The smallest absolute Gasteiger partial charge is 0.162 e. The minimum Gasteiger partial charge on any atom is -0.486 e. The van der Waals surface area contributed by atoms with Crippen LogP contribution in [-0.4, -0.2) is 23.2 Å². The molecule has 0 saturated heterocycles. The second kappa shape index (κ2) is 4.34. The summed E-state index contributed by atoms with van der Waals surface area (Å²) in [5.41, 5.74) is 7.06. The van der Waals surface area contributed by atoms with Crippen molar-refractivity contribution in [2.75, 3.05) is 18.9 Å². The van der Waals surface area contributed by atoms with Crippen LogP contribution in [0.2, 0.25) is 5.02 Å². The Morgan fingerprint density at radius 1 is 1.11 bits per heavy atom. The van der Waals surface area contributed by atoms with Crippen molar-refractivity contribution in [2.45, 2.75) is 0 Å². The minimum atomic E-state index is 0.261. The molecule has 2 heterocycles. The first-order valence-corrected chi connectivity index (χ1v) is 5.79. The Kier molecular flexibility index (Phi) is 2.68. The van der Waals surface area contributed by atoms with Gasteiger partial charge in [-0.05, 0) is 18.2 Å². The Hall–Kier alpha value is -2.01. The van der Waals surface area contributed by atoms with Gasteiger partial charge >= 0.3 is 0 Å². The summed E-state index contributed by atoms with van der Waals surface area (Å²) >= 11 is 6.09. The summed E-state index contributed by atoms with van der Waals surface area (Å²) < 4.78 is 11.0. The molecule has 0 aliphatic carbocycles. The molecule has 0 unspecified atom stereocenters. The number of nitrogen functional groups attached to an aromatic ring is 1. The van der Waals surface area contributed by atoms with E-state index in [0.29, 0.717) is 29.7 Å². The summed E-state index contributed by atoms with van der Waals surface area (Å²) in [6.45, 7) is 1.10. The third kappa shape index (κ3) is 1.82. The van der Waals surface area contributed by atoms with E-state index in [1.165, 1.54) is 6.33 Å². The summed E-state index contributed by atoms with van der Waals surface area (Å²) in [6.07, 6.45) is 1.38. The molecule has 5 nitrogen and oxygen atoms in total. The maximum atomic E-state index is 6.09. The maximum Gasteiger partial charge on any atom is 0.162 e. The van der Waals surface area contributed by atoms with Crippen LogP contribution in [0.3, 0.4) is 0 Å². The maximum absolute atomic E-state index is 6.09. The van der Waals surface area contributed by atoms with Gasteiger partial charge in [-0.15, -0.1) is 0 Å². The highest BCUT2D eigenvalue weighted by Gasteiger charge is 2.15. The first kappa shape index (κ1) is 11.1. The first-order chi connectivity index (χ1) is 8.75. The number of aromatic nitrogens is 2. The quantitative estimate of drug-likeness (QED) is 0.854. The van der Waals surface area contributed by atoms with E-state index in [2.05, 4.69) is 9.97 Å². The Balaban J connectivity index is 2.09. The summed E-state index contributed by atoms with van der Waals surface area (Å²) in [6, 6.07) is 5.53. The molecule has 0 bridgehead atoms. The largest absolute Gasteiger partial charge is 0.486 e. The molecule has 1 aromatic heterocycles. The lowest BCUT2D eigenvalue weighted by molar-refractivity contribution is 0.171. The molecule has 1 aliphatic heterocycles. The monoisotopic (exact) mass is 263 g/mol. The lowest BCUT2D eigenvalue weighted by Crippen LogP contribution is -2.15. The van der Waals surface area contributed by atoms with E-state index in [0.717, 1.165) is 11.3 Å². The van der Waals surface area contributed by atoms with Gasteiger partial charge in [-0.1, -0.05) is 11.6 Å². The highest BCUT2D eigenvalue weighted by atomic mass is 35.5. The normalized spacial score (nSPS) is 13.4. The van der Waals surface area contributed by atoms with Gasteiger partial charge in [0.05, 0.1) is 5.69 Å². The van der Waals surface area contributed by atoms with Gasteiger partial charge in [0.25, 0.3) is 0 Å². The molecule has 3 rings (SSSR count). The highest BCUT2D eigenvalue weighted by Crippen LogP contribution is 2.36. The predicted octanol–water partition coefficient (Wildman–Crippen LogP) is 2.15. The Morgan fingerprint density at radius 3 is 2.72 bits per heavy atom. The van der Waals surface area contributed by atoms with Gasteiger partial charge in [-0.2, -0.15) is 0 Å². The number of hydrogen-bond donors (Lipinski definition) is 1. The van der Waals surface area contributed by atoms with Crippen LogP contribution in [0.1, 0.15) is 0 Å². The van der Waals surface area contributed by atoms with E-state index < -0.39 is 0 Å². The van der Waals surface area contributed by atoms with Crippen LogP contribution < -0.4 is 15.2 Å². The zero-order valence-corrected chi connectivity index (χ0v) is 10.1. The fourth-order valence-corrected chi connectivity index (χ4v) is 1.98. The van der Waals surface area contributed by atoms with E-state index in [1.807, 2.05) is 18.2 Å². The number of halogens is 1. The van der Waals surface area contributed by atoms with Gasteiger partial charge in [-0.3, -0.25) is 0 Å². The van der Waals surface area contributed by atoms with Gasteiger partial charge in [0.15, 0.2) is 11.5 Å². The fraction of sp³-hybridized carbons (Fsp3) is 0.167. The van der Waals surface area contributed by atoms with Crippen molar-refractivity contribution in [3.63, 3.8) is 0 Å². The molecule has 6 heteroatoms. The number of nitrogens with zero attached hydrogens (tertiary/aromatic N) is 2. The molecule has 2 N–H and O–H groups in total. The van der Waals surface area contributed by atoms with E-state index >= 15 is 0 Å². The molecule has 0 fully saturated rings. The minimum absolute atomic E-state index is 0.261. The molecule has 0 amide bonds. The van der Waals surface area contributed by atoms with Crippen molar-refractivity contribution in [1.29, 1.82) is 0 Å². The van der Waals surface area contributed by atoms with Crippen LogP contribution in [0.25, 0.3) is 11.3 Å². The first-order valence-electron chi connectivity index (χ1n) is 5.41. The Labute approximate surface area is 109 Å². The van der Waals surface area contributed by atoms with Gasteiger partial charge < -0.3 is 15.2 Å². The Morgan fingerprint density at radius 2 is 1.89 bits per heavy atom. The highest BCUT2D eigenvalue weighted by molar-refractivity contribution is 6.35. The lowest BCUT2D eigenvalue weighted by Gasteiger charge is -2.18. The number of ether oxygens (including phenoxy) is 2. The number of hydrogen-bond acceptors (Lipinski definition) is 5. The average Bonchev–Trinajstić information content (AvgIpc) is 2.41. The lowest BCUT2D eigenvalue weighted by atomic mass is 10.1. The molecule has 1 aromatic carbocycles. The van der Waals surface area contributed by atoms with Crippen LogP contribution in [0, 0.1) is 0 Å². The van der Waals surface area contributed by atoms with Crippen molar-refractivity contribution in [3.05, 3.63) is 29.5 Å². The molecule has 92 valence electrons. The number of anilines is 1. The standard InChI is InChI=1S/C12H10ClN3O2/c13-10-11(15-6-16-12(10)14)7-1-2-8-9(5-7)18-4-3-17-8/h1-2,5-6H,3-4H2,(H2,14,15,16). The van der Waals surface area contributed by atoms with Crippen LogP contribution in [-0.2, 0) is 0 Å². The summed E-state index contributed by atoms with van der Waals surface area (Å²) in [5.74, 6) is 1.67. The van der Waals surface area contributed by atoms with Gasteiger partial charge in [-0.25, -0.2) is 9.97 Å². The number of fused-ring (bicyclic) bond motifs is 1. The SMILES string of the molecule is Nc1ncnc(-c2ccc3c(c2)OCCO3)c1Cl. The summed E-state index contributed by atoms with van der Waals surface area (Å²) in [7, 11) is 0. The van der Waals surface area contributed by atoms with Gasteiger partial charge in [0.1, 0.15) is 30.4 Å².